The van der Waals surface area contributed by atoms with Gasteiger partial charge in [0, 0.05) is 49.4 Å². The first-order chi connectivity index (χ1) is 17.2. The molecule has 0 saturated carbocycles. The number of carbonyl (C=O) groups is 2. The molecule has 188 valence electrons. The number of benzene rings is 3. The zero-order valence-electron chi connectivity index (χ0n) is 20.5. The van der Waals surface area contributed by atoms with Crippen LogP contribution >= 0.6 is 12.4 Å². The zero-order chi connectivity index (χ0) is 24.2. The molecule has 0 aromatic heterocycles. The summed E-state index contributed by atoms with van der Waals surface area (Å²) in [5.74, 6) is 0.798. The van der Waals surface area contributed by atoms with E-state index < -0.39 is 0 Å². The second kappa shape index (κ2) is 11.6. The molecule has 0 bridgehead atoms. The average Bonchev–Trinajstić information content (AvgIpc) is 3.20. The van der Waals surface area contributed by atoms with Crippen LogP contribution in [0, 0.1) is 0 Å². The van der Waals surface area contributed by atoms with E-state index in [1.807, 2.05) is 48.5 Å². The quantitative estimate of drug-likeness (QED) is 0.353. The SMILES string of the molecule is COc1ccccc1N1CCN(CCCCNC(=O)c2ccc3c(c2)C(=O)c2ccccc2-3)CC1.Cl. The maximum Gasteiger partial charge on any atom is 0.251 e. The van der Waals surface area contributed by atoms with Crippen LogP contribution in [-0.4, -0.2) is 63.0 Å². The minimum absolute atomic E-state index is 0. The van der Waals surface area contributed by atoms with E-state index in [0.717, 1.165) is 68.1 Å². The molecule has 1 heterocycles. The molecule has 1 saturated heterocycles. The highest BCUT2D eigenvalue weighted by molar-refractivity contribution is 6.22. The van der Waals surface area contributed by atoms with Gasteiger partial charge in [-0.3, -0.25) is 14.5 Å². The fraction of sp³-hybridized carbons (Fsp3) is 0.310. The van der Waals surface area contributed by atoms with Crippen molar-refractivity contribution in [2.24, 2.45) is 0 Å². The number of methoxy groups -OCH3 is 1. The van der Waals surface area contributed by atoms with E-state index in [0.29, 0.717) is 23.2 Å². The van der Waals surface area contributed by atoms with Crippen molar-refractivity contribution in [3.63, 3.8) is 0 Å². The van der Waals surface area contributed by atoms with Gasteiger partial charge < -0.3 is 15.0 Å². The van der Waals surface area contributed by atoms with Crippen LogP contribution in [0.4, 0.5) is 5.69 Å². The lowest BCUT2D eigenvalue weighted by atomic mass is 10.0. The van der Waals surface area contributed by atoms with E-state index in [2.05, 4.69) is 27.2 Å². The Morgan fingerprint density at radius 1 is 0.861 bits per heavy atom. The molecular weight excluding hydrogens is 474 g/mol. The van der Waals surface area contributed by atoms with Gasteiger partial charge >= 0.3 is 0 Å². The van der Waals surface area contributed by atoms with Gasteiger partial charge in [0.2, 0.25) is 0 Å². The highest BCUT2D eigenvalue weighted by Gasteiger charge is 2.27. The van der Waals surface area contributed by atoms with Crippen LogP contribution in [0.5, 0.6) is 5.75 Å². The summed E-state index contributed by atoms with van der Waals surface area (Å²) >= 11 is 0. The Kier molecular flexibility index (Phi) is 8.28. The molecule has 5 rings (SSSR count). The number of fused-ring (bicyclic) bond motifs is 3. The molecule has 0 unspecified atom stereocenters. The number of carbonyl (C=O) groups excluding carboxylic acids is 2. The van der Waals surface area contributed by atoms with Gasteiger partial charge in [-0.15, -0.1) is 12.4 Å². The van der Waals surface area contributed by atoms with Gasteiger partial charge in [-0.25, -0.2) is 0 Å². The third-order valence-electron chi connectivity index (χ3n) is 6.97. The van der Waals surface area contributed by atoms with Crippen LogP contribution in [0.1, 0.15) is 39.1 Å². The van der Waals surface area contributed by atoms with E-state index in [4.69, 9.17) is 4.74 Å². The van der Waals surface area contributed by atoms with Gasteiger partial charge in [0.1, 0.15) is 5.75 Å². The van der Waals surface area contributed by atoms with Gasteiger partial charge in [-0.2, -0.15) is 0 Å². The maximum absolute atomic E-state index is 12.7. The van der Waals surface area contributed by atoms with Crippen molar-refractivity contribution in [3.8, 4) is 16.9 Å². The number of halogens is 1. The molecule has 1 aliphatic heterocycles. The number of hydrogen-bond acceptors (Lipinski definition) is 5. The fourth-order valence-electron chi connectivity index (χ4n) is 5.04. The molecule has 3 aromatic rings. The van der Waals surface area contributed by atoms with Gasteiger partial charge in [-0.05, 0) is 54.8 Å². The zero-order valence-corrected chi connectivity index (χ0v) is 21.4. The van der Waals surface area contributed by atoms with E-state index in [-0.39, 0.29) is 24.1 Å². The molecule has 1 aliphatic carbocycles. The summed E-state index contributed by atoms with van der Waals surface area (Å²) in [6.45, 7) is 5.68. The molecule has 0 atom stereocenters. The minimum Gasteiger partial charge on any atom is -0.495 e. The van der Waals surface area contributed by atoms with Gasteiger partial charge in [-0.1, -0.05) is 42.5 Å². The lowest BCUT2D eigenvalue weighted by molar-refractivity contribution is 0.0952. The first kappa shape index (κ1) is 25.7. The molecule has 2 aliphatic rings. The van der Waals surface area contributed by atoms with Crippen molar-refractivity contribution in [2.75, 3.05) is 51.3 Å². The Morgan fingerprint density at radius 3 is 2.33 bits per heavy atom. The molecular formula is C29H32ClN3O3. The first-order valence-corrected chi connectivity index (χ1v) is 12.3. The summed E-state index contributed by atoms with van der Waals surface area (Å²) in [5.41, 5.74) is 4.89. The van der Waals surface area contributed by atoms with Crippen molar-refractivity contribution in [1.82, 2.24) is 10.2 Å². The third kappa shape index (κ3) is 5.25. The van der Waals surface area contributed by atoms with Crippen molar-refractivity contribution in [1.29, 1.82) is 0 Å². The number of amides is 1. The van der Waals surface area contributed by atoms with E-state index in [1.54, 1.807) is 13.2 Å². The van der Waals surface area contributed by atoms with Crippen molar-refractivity contribution >= 4 is 29.8 Å². The predicted octanol–water partition coefficient (Wildman–Crippen LogP) is 4.66. The Morgan fingerprint density at radius 2 is 1.56 bits per heavy atom. The van der Waals surface area contributed by atoms with E-state index in [1.165, 1.54) is 0 Å². The summed E-state index contributed by atoms with van der Waals surface area (Å²) in [5, 5.41) is 3.01. The number of unbranched alkanes of at least 4 members (excludes halogenated alkanes) is 1. The molecule has 1 amide bonds. The van der Waals surface area contributed by atoms with E-state index >= 15 is 0 Å². The summed E-state index contributed by atoms with van der Waals surface area (Å²) in [6, 6.07) is 21.2. The second-order valence-electron chi connectivity index (χ2n) is 9.10. The van der Waals surface area contributed by atoms with Crippen LogP contribution in [-0.2, 0) is 0 Å². The smallest absolute Gasteiger partial charge is 0.251 e. The normalized spacial score (nSPS) is 14.6. The number of piperazine rings is 1. The number of nitrogens with one attached hydrogen (secondary N) is 1. The predicted molar refractivity (Wildman–Crippen MR) is 146 cm³/mol. The summed E-state index contributed by atoms with van der Waals surface area (Å²) in [6.07, 6.45) is 1.96. The number of nitrogens with zero attached hydrogens (tertiary/aromatic N) is 2. The standard InChI is InChI=1S/C29H31N3O3.ClH/c1-35-27-11-5-4-10-26(27)32-18-16-31(17-19-32)15-7-6-14-30-29(34)21-12-13-23-22-8-2-3-9-24(22)28(33)25(23)20-21;/h2-5,8-13,20H,6-7,14-19H2,1H3,(H,30,34);1H. The summed E-state index contributed by atoms with van der Waals surface area (Å²) in [7, 11) is 1.72. The minimum atomic E-state index is -0.123. The monoisotopic (exact) mass is 505 g/mol. The fourth-order valence-corrected chi connectivity index (χ4v) is 5.04. The molecule has 36 heavy (non-hydrogen) atoms. The number of hydrogen-bond donors (Lipinski definition) is 1. The second-order valence-corrected chi connectivity index (χ2v) is 9.10. The Hall–Kier alpha value is -3.35. The van der Waals surface area contributed by atoms with Crippen molar-refractivity contribution in [2.45, 2.75) is 12.8 Å². The molecule has 3 aromatic carbocycles. The highest BCUT2D eigenvalue weighted by Crippen LogP contribution is 2.36. The van der Waals surface area contributed by atoms with Crippen LogP contribution in [0.25, 0.3) is 11.1 Å². The van der Waals surface area contributed by atoms with Gasteiger partial charge in [0.25, 0.3) is 5.91 Å². The molecule has 7 heteroatoms. The highest BCUT2D eigenvalue weighted by atomic mass is 35.5. The Labute approximate surface area is 218 Å². The first-order valence-electron chi connectivity index (χ1n) is 12.3. The molecule has 1 N–H and O–H groups in total. The number of ether oxygens (including phenoxy) is 1. The molecule has 6 nitrogen and oxygen atoms in total. The van der Waals surface area contributed by atoms with Crippen molar-refractivity contribution < 1.29 is 14.3 Å². The van der Waals surface area contributed by atoms with Gasteiger partial charge in [0.05, 0.1) is 12.8 Å². The van der Waals surface area contributed by atoms with Gasteiger partial charge in [0.15, 0.2) is 5.78 Å². The maximum atomic E-state index is 12.7. The van der Waals surface area contributed by atoms with E-state index in [9.17, 15) is 9.59 Å². The lowest BCUT2D eigenvalue weighted by Gasteiger charge is -2.36. The van der Waals surface area contributed by atoms with Crippen LogP contribution in [0.15, 0.2) is 66.7 Å². The summed E-state index contributed by atoms with van der Waals surface area (Å²) in [4.78, 5) is 30.2. The van der Waals surface area contributed by atoms with Crippen LogP contribution in [0.3, 0.4) is 0 Å². The number of rotatable bonds is 8. The Balaban J connectivity index is 0.00000304. The van der Waals surface area contributed by atoms with Crippen molar-refractivity contribution in [3.05, 3.63) is 83.4 Å². The largest absolute Gasteiger partial charge is 0.495 e. The Bertz CT molecular complexity index is 1240. The average molecular weight is 506 g/mol. The number of ketones is 1. The number of anilines is 1. The third-order valence-corrected chi connectivity index (χ3v) is 6.97. The van der Waals surface area contributed by atoms with Crippen LogP contribution in [0.2, 0.25) is 0 Å². The van der Waals surface area contributed by atoms with Crippen LogP contribution < -0.4 is 15.0 Å². The molecule has 1 fully saturated rings. The molecule has 0 spiro atoms. The topological polar surface area (TPSA) is 61.9 Å². The molecule has 0 radical (unpaired) electrons. The lowest BCUT2D eigenvalue weighted by Crippen LogP contribution is -2.46. The number of para-hydroxylation sites is 2. The summed E-state index contributed by atoms with van der Waals surface area (Å²) < 4.78 is 5.50.